The molecule has 0 unspecified atom stereocenters. The number of aromatic nitrogens is 2. The Balaban J connectivity index is 1.18. The second-order valence-electron chi connectivity index (χ2n) is 10.3. The van der Waals surface area contributed by atoms with Gasteiger partial charge in [0.2, 0.25) is 11.8 Å². The van der Waals surface area contributed by atoms with Crippen molar-refractivity contribution in [2.45, 2.75) is 70.6 Å². The number of hydrogen-bond acceptors (Lipinski definition) is 3. The smallest absolute Gasteiger partial charge is 0.227 e. The van der Waals surface area contributed by atoms with Gasteiger partial charge in [-0.3, -0.25) is 9.59 Å². The van der Waals surface area contributed by atoms with Crippen molar-refractivity contribution >= 4 is 23.2 Å². The predicted octanol–water partition coefficient (Wildman–Crippen LogP) is 7.17. The van der Waals surface area contributed by atoms with Gasteiger partial charge in [-0.05, 0) is 67.6 Å². The molecule has 2 aromatic carbocycles. The van der Waals surface area contributed by atoms with Crippen LogP contribution >= 0.6 is 0 Å². The number of H-pyrrole nitrogens is 1. The summed E-state index contributed by atoms with van der Waals surface area (Å²) in [6.45, 7) is 0. The normalized spacial score (nSPS) is 17.3. The van der Waals surface area contributed by atoms with Crippen molar-refractivity contribution < 1.29 is 9.59 Å². The maximum Gasteiger partial charge on any atom is 0.227 e. The standard InChI is InChI=1S/C30H36N4O2/c35-29(23-8-4-1-2-5-9-23)33-26-18-14-22(15-19-26)28-31-20-27(34-28)21-12-16-25(17-13-21)32-30(36)24-10-6-3-7-11-24/h12-20,23-24H,1-11H2,(H,31,34)(H,32,36)(H,33,35). The zero-order valence-corrected chi connectivity index (χ0v) is 20.9. The van der Waals surface area contributed by atoms with E-state index in [0.717, 1.165) is 85.4 Å². The first kappa shape index (κ1) is 24.3. The molecule has 2 aliphatic rings. The molecule has 0 spiro atoms. The van der Waals surface area contributed by atoms with Crippen LogP contribution in [-0.2, 0) is 9.59 Å². The maximum absolute atomic E-state index is 12.6. The Hall–Kier alpha value is -3.41. The van der Waals surface area contributed by atoms with Gasteiger partial charge in [0.1, 0.15) is 5.82 Å². The number of rotatable bonds is 6. The molecule has 1 aromatic heterocycles. The van der Waals surface area contributed by atoms with Gasteiger partial charge in [0.15, 0.2) is 0 Å². The average Bonchev–Trinajstić information content (AvgIpc) is 3.25. The molecule has 0 saturated heterocycles. The van der Waals surface area contributed by atoms with E-state index < -0.39 is 0 Å². The molecule has 6 nitrogen and oxygen atoms in total. The third-order valence-electron chi connectivity index (χ3n) is 7.67. The van der Waals surface area contributed by atoms with Crippen LogP contribution in [0.3, 0.4) is 0 Å². The lowest BCUT2D eigenvalue weighted by atomic mass is 9.88. The summed E-state index contributed by atoms with van der Waals surface area (Å²) < 4.78 is 0. The van der Waals surface area contributed by atoms with Crippen LogP contribution in [0.5, 0.6) is 0 Å². The van der Waals surface area contributed by atoms with E-state index in [-0.39, 0.29) is 23.7 Å². The third-order valence-corrected chi connectivity index (χ3v) is 7.67. The summed E-state index contributed by atoms with van der Waals surface area (Å²) in [4.78, 5) is 33.1. The number of aromatic amines is 1. The van der Waals surface area contributed by atoms with E-state index in [1.165, 1.54) is 19.3 Å². The number of imidazole rings is 1. The van der Waals surface area contributed by atoms with E-state index in [9.17, 15) is 9.59 Å². The van der Waals surface area contributed by atoms with Crippen molar-refractivity contribution in [2.24, 2.45) is 11.8 Å². The van der Waals surface area contributed by atoms with Crippen LogP contribution in [0.2, 0.25) is 0 Å². The summed E-state index contributed by atoms with van der Waals surface area (Å²) in [7, 11) is 0. The number of nitrogens with zero attached hydrogens (tertiary/aromatic N) is 1. The van der Waals surface area contributed by atoms with Crippen LogP contribution in [-0.4, -0.2) is 21.8 Å². The van der Waals surface area contributed by atoms with Crippen molar-refractivity contribution in [3.05, 3.63) is 54.7 Å². The quantitative estimate of drug-likeness (QED) is 0.324. The molecule has 2 fully saturated rings. The molecular weight excluding hydrogens is 448 g/mol. The van der Waals surface area contributed by atoms with E-state index >= 15 is 0 Å². The van der Waals surface area contributed by atoms with E-state index in [1.54, 1.807) is 0 Å². The molecule has 2 aliphatic carbocycles. The fraction of sp³-hybridized carbons (Fsp3) is 0.433. The number of benzene rings is 2. The molecule has 3 aromatic rings. The molecule has 2 saturated carbocycles. The number of nitrogens with one attached hydrogen (secondary N) is 3. The van der Waals surface area contributed by atoms with Gasteiger partial charge in [0, 0.05) is 28.8 Å². The first-order chi connectivity index (χ1) is 17.7. The number of carbonyl (C=O) groups is 2. The highest BCUT2D eigenvalue weighted by molar-refractivity contribution is 5.93. The Bertz CT molecular complexity index is 1150. The van der Waals surface area contributed by atoms with Crippen molar-refractivity contribution in [1.29, 1.82) is 0 Å². The van der Waals surface area contributed by atoms with E-state index in [0.29, 0.717) is 0 Å². The minimum atomic E-state index is 0.131. The number of carbonyl (C=O) groups excluding carboxylic acids is 2. The maximum atomic E-state index is 12.6. The van der Waals surface area contributed by atoms with Crippen LogP contribution < -0.4 is 10.6 Å². The van der Waals surface area contributed by atoms with Gasteiger partial charge in [-0.25, -0.2) is 4.98 Å². The van der Waals surface area contributed by atoms with E-state index in [1.807, 2.05) is 54.7 Å². The van der Waals surface area contributed by atoms with Crippen molar-refractivity contribution in [1.82, 2.24) is 9.97 Å². The molecule has 0 aliphatic heterocycles. The molecular formula is C30H36N4O2. The lowest BCUT2D eigenvalue weighted by Crippen LogP contribution is -2.24. The molecule has 3 N–H and O–H groups in total. The Labute approximate surface area is 213 Å². The van der Waals surface area contributed by atoms with E-state index in [4.69, 9.17) is 0 Å². The highest BCUT2D eigenvalue weighted by atomic mass is 16.2. The second-order valence-corrected chi connectivity index (χ2v) is 10.3. The van der Waals surface area contributed by atoms with Gasteiger partial charge < -0.3 is 15.6 Å². The number of anilines is 2. The fourth-order valence-electron chi connectivity index (χ4n) is 5.45. The monoisotopic (exact) mass is 484 g/mol. The number of hydrogen-bond donors (Lipinski definition) is 3. The van der Waals surface area contributed by atoms with Crippen molar-refractivity contribution in [2.75, 3.05) is 10.6 Å². The zero-order chi connectivity index (χ0) is 24.7. The minimum Gasteiger partial charge on any atom is -0.338 e. The lowest BCUT2D eigenvalue weighted by Gasteiger charge is -2.20. The summed E-state index contributed by atoms with van der Waals surface area (Å²) in [5.74, 6) is 1.33. The molecule has 1 heterocycles. The molecule has 0 radical (unpaired) electrons. The molecule has 0 atom stereocenters. The van der Waals surface area contributed by atoms with Gasteiger partial charge in [-0.1, -0.05) is 57.1 Å². The summed E-state index contributed by atoms with van der Waals surface area (Å²) >= 11 is 0. The highest BCUT2D eigenvalue weighted by Gasteiger charge is 2.21. The minimum absolute atomic E-state index is 0.131. The Morgan fingerprint density at radius 2 is 1.08 bits per heavy atom. The van der Waals surface area contributed by atoms with Gasteiger partial charge in [0.25, 0.3) is 0 Å². The number of amides is 2. The largest absolute Gasteiger partial charge is 0.338 e. The van der Waals surface area contributed by atoms with Gasteiger partial charge >= 0.3 is 0 Å². The Morgan fingerprint density at radius 1 is 0.639 bits per heavy atom. The SMILES string of the molecule is O=C(Nc1ccc(-c2ncc(-c3ccc(NC(=O)C4CCCCC4)cc3)[nH]2)cc1)C1CCCCCC1. The molecule has 188 valence electrons. The van der Waals surface area contributed by atoms with Gasteiger partial charge in [-0.15, -0.1) is 0 Å². The summed E-state index contributed by atoms with van der Waals surface area (Å²) in [5, 5.41) is 6.16. The summed E-state index contributed by atoms with van der Waals surface area (Å²) in [6.07, 6.45) is 14.1. The summed E-state index contributed by atoms with van der Waals surface area (Å²) in [6, 6.07) is 15.7. The van der Waals surface area contributed by atoms with Crippen LogP contribution in [0.1, 0.15) is 70.6 Å². The molecule has 36 heavy (non-hydrogen) atoms. The first-order valence-corrected chi connectivity index (χ1v) is 13.5. The zero-order valence-electron chi connectivity index (χ0n) is 20.9. The second kappa shape index (κ2) is 11.5. The Kier molecular flexibility index (Phi) is 7.79. The molecule has 6 heteroatoms. The molecule has 5 rings (SSSR count). The van der Waals surface area contributed by atoms with Crippen LogP contribution in [0.25, 0.3) is 22.6 Å². The van der Waals surface area contributed by atoms with Gasteiger partial charge in [-0.2, -0.15) is 0 Å². The van der Waals surface area contributed by atoms with Crippen molar-refractivity contribution in [3.63, 3.8) is 0 Å². The lowest BCUT2D eigenvalue weighted by molar-refractivity contribution is -0.121. The fourth-order valence-corrected chi connectivity index (χ4v) is 5.45. The van der Waals surface area contributed by atoms with Crippen LogP contribution in [0, 0.1) is 11.8 Å². The van der Waals surface area contributed by atoms with Crippen LogP contribution in [0.4, 0.5) is 11.4 Å². The third kappa shape index (κ3) is 6.04. The first-order valence-electron chi connectivity index (χ1n) is 13.5. The van der Waals surface area contributed by atoms with Gasteiger partial charge in [0.05, 0.1) is 11.9 Å². The van der Waals surface area contributed by atoms with E-state index in [2.05, 4.69) is 20.6 Å². The van der Waals surface area contributed by atoms with Crippen LogP contribution in [0.15, 0.2) is 54.7 Å². The highest BCUT2D eigenvalue weighted by Crippen LogP contribution is 2.28. The topological polar surface area (TPSA) is 86.9 Å². The molecule has 0 bridgehead atoms. The Morgan fingerprint density at radius 3 is 1.58 bits per heavy atom. The average molecular weight is 485 g/mol. The predicted molar refractivity (Wildman–Crippen MR) is 144 cm³/mol. The molecule has 2 amide bonds. The summed E-state index contributed by atoms with van der Waals surface area (Å²) in [5.41, 5.74) is 4.55. The van der Waals surface area contributed by atoms with Crippen molar-refractivity contribution in [3.8, 4) is 22.6 Å².